The van der Waals surface area contributed by atoms with Crippen LogP contribution in [0.25, 0.3) is 0 Å². The Labute approximate surface area is 167 Å². The first-order valence-electron chi connectivity index (χ1n) is 8.32. The van der Waals surface area contributed by atoms with Gasteiger partial charge in [-0.3, -0.25) is 20.3 Å². The number of benzene rings is 1. The van der Waals surface area contributed by atoms with Crippen molar-refractivity contribution in [2.45, 2.75) is 41.2 Å². The largest absolute Gasteiger partial charge is 0.331 e. The van der Waals surface area contributed by atoms with Gasteiger partial charge in [-0.25, -0.2) is 0 Å². The molecule has 1 aromatic heterocycles. The van der Waals surface area contributed by atoms with Crippen molar-refractivity contribution in [3.05, 3.63) is 45.2 Å². The standard InChI is InChI=1S/C18H24BrN5OS/c1-10-6-7-15(11(2)8-10)20-18(26)22-21-17(25)12(3)9-24-14(5)16(19)13(4)23-24/h6-8,12H,9H2,1-5H3,(H,21,25)(H2,20,22,26)/t12-/m0/s1. The first-order chi connectivity index (χ1) is 12.2. The van der Waals surface area contributed by atoms with Gasteiger partial charge in [-0.2, -0.15) is 5.10 Å². The van der Waals surface area contributed by atoms with E-state index < -0.39 is 0 Å². The second-order valence-corrected chi connectivity index (χ2v) is 7.66. The van der Waals surface area contributed by atoms with Gasteiger partial charge >= 0.3 is 0 Å². The third kappa shape index (κ3) is 5.04. The van der Waals surface area contributed by atoms with Crippen molar-refractivity contribution in [3.8, 4) is 0 Å². The van der Waals surface area contributed by atoms with Crippen molar-refractivity contribution >= 4 is 44.9 Å². The van der Waals surface area contributed by atoms with Gasteiger partial charge in [0.2, 0.25) is 5.91 Å². The maximum atomic E-state index is 12.3. The normalized spacial score (nSPS) is 11.8. The van der Waals surface area contributed by atoms with Crippen LogP contribution in [-0.4, -0.2) is 20.8 Å². The highest BCUT2D eigenvalue weighted by atomic mass is 79.9. The zero-order valence-electron chi connectivity index (χ0n) is 15.6. The molecule has 1 aromatic carbocycles. The predicted molar refractivity (Wildman–Crippen MR) is 112 cm³/mol. The van der Waals surface area contributed by atoms with E-state index in [4.69, 9.17) is 12.2 Å². The van der Waals surface area contributed by atoms with E-state index in [9.17, 15) is 4.79 Å². The number of nitrogens with zero attached hydrogens (tertiary/aromatic N) is 2. The van der Waals surface area contributed by atoms with Gasteiger partial charge in [-0.15, -0.1) is 0 Å². The summed E-state index contributed by atoms with van der Waals surface area (Å²) in [5.41, 5.74) is 10.5. The Bertz CT molecular complexity index is 833. The number of hydrogen-bond acceptors (Lipinski definition) is 3. The molecule has 0 spiro atoms. The maximum absolute atomic E-state index is 12.3. The highest BCUT2D eigenvalue weighted by Gasteiger charge is 2.17. The van der Waals surface area contributed by atoms with E-state index in [0.29, 0.717) is 11.7 Å². The molecule has 0 aliphatic rings. The lowest BCUT2D eigenvalue weighted by Crippen LogP contribution is -2.46. The second-order valence-electron chi connectivity index (χ2n) is 6.45. The molecular weight excluding hydrogens is 414 g/mol. The summed E-state index contributed by atoms with van der Waals surface area (Å²) >= 11 is 8.74. The summed E-state index contributed by atoms with van der Waals surface area (Å²) in [6.45, 7) is 10.3. The van der Waals surface area contributed by atoms with Crippen LogP contribution in [0.4, 0.5) is 5.69 Å². The summed E-state index contributed by atoms with van der Waals surface area (Å²) < 4.78 is 2.80. The SMILES string of the molecule is Cc1ccc(NC(=S)NNC(=O)[C@@H](C)Cn2nc(C)c(Br)c2C)c(C)c1. The molecule has 1 heterocycles. The number of amides is 1. The minimum absolute atomic E-state index is 0.154. The van der Waals surface area contributed by atoms with Crippen LogP contribution in [0.3, 0.4) is 0 Å². The molecule has 2 rings (SSSR count). The Hall–Kier alpha value is -1.93. The van der Waals surface area contributed by atoms with Crippen molar-refractivity contribution in [2.75, 3.05) is 5.32 Å². The van der Waals surface area contributed by atoms with Crippen molar-refractivity contribution < 1.29 is 4.79 Å². The van der Waals surface area contributed by atoms with Crippen molar-refractivity contribution in [3.63, 3.8) is 0 Å². The van der Waals surface area contributed by atoms with Gasteiger partial charge in [0, 0.05) is 11.4 Å². The lowest BCUT2D eigenvalue weighted by molar-refractivity contribution is -0.125. The number of aromatic nitrogens is 2. The lowest BCUT2D eigenvalue weighted by Gasteiger charge is -2.16. The van der Waals surface area contributed by atoms with Crippen LogP contribution in [0.1, 0.15) is 29.4 Å². The van der Waals surface area contributed by atoms with Crippen molar-refractivity contribution in [2.24, 2.45) is 5.92 Å². The van der Waals surface area contributed by atoms with E-state index >= 15 is 0 Å². The average molecular weight is 438 g/mol. The molecule has 0 unspecified atom stereocenters. The Morgan fingerprint density at radius 3 is 2.54 bits per heavy atom. The Balaban J connectivity index is 1.86. The third-order valence-electron chi connectivity index (χ3n) is 4.12. The van der Waals surface area contributed by atoms with E-state index in [-0.39, 0.29) is 11.8 Å². The average Bonchev–Trinajstić information content (AvgIpc) is 2.82. The number of hydrazine groups is 1. The van der Waals surface area contributed by atoms with Gasteiger partial charge in [-0.05, 0) is 67.5 Å². The summed E-state index contributed by atoms with van der Waals surface area (Å²) in [5.74, 6) is -0.422. The van der Waals surface area contributed by atoms with Crippen LogP contribution in [0.2, 0.25) is 0 Å². The van der Waals surface area contributed by atoms with Gasteiger partial charge in [0.25, 0.3) is 0 Å². The van der Waals surface area contributed by atoms with Crippen LogP contribution < -0.4 is 16.2 Å². The Kier molecular flexibility index (Phi) is 6.77. The van der Waals surface area contributed by atoms with Crippen LogP contribution >= 0.6 is 28.1 Å². The molecule has 1 atom stereocenters. The topological polar surface area (TPSA) is 71.0 Å². The summed E-state index contributed by atoms with van der Waals surface area (Å²) in [6, 6.07) is 6.03. The first kappa shape index (κ1) is 20.4. The zero-order valence-corrected chi connectivity index (χ0v) is 18.0. The zero-order chi connectivity index (χ0) is 19.4. The van der Waals surface area contributed by atoms with Crippen LogP contribution in [0.5, 0.6) is 0 Å². The molecule has 0 bridgehead atoms. The van der Waals surface area contributed by atoms with Crippen molar-refractivity contribution in [1.82, 2.24) is 20.6 Å². The number of thiocarbonyl (C=S) groups is 1. The van der Waals surface area contributed by atoms with E-state index in [1.54, 1.807) is 0 Å². The molecule has 0 fully saturated rings. The molecule has 140 valence electrons. The lowest BCUT2D eigenvalue weighted by atomic mass is 10.1. The minimum Gasteiger partial charge on any atom is -0.331 e. The molecule has 8 heteroatoms. The van der Waals surface area contributed by atoms with Gasteiger partial charge < -0.3 is 5.32 Å². The number of aryl methyl sites for hydroxylation is 3. The minimum atomic E-state index is -0.267. The molecular formula is C18H24BrN5OS. The van der Waals surface area contributed by atoms with Crippen molar-refractivity contribution in [1.29, 1.82) is 0 Å². The van der Waals surface area contributed by atoms with Gasteiger partial charge in [0.15, 0.2) is 5.11 Å². The van der Waals surface area contributed by atoms with Crippen LogP contribution in [0.15, 0.2) is 22.7 Å². The second kappa shape index (κ2) is 8.64. The summed E-state index contributed by atoms with van der Waals surface area (Å²) in [7, 11) is 0. The number of rotatable bonds is 4. The van der Waals surface area contributed by atoms with Crippen LogP contribution in [0, 0.1) is 33.6 Å². The number of hydrogen-bond donors (Lipinski definition) is 3. The molecule has 2 aromatic rings. The summed E-state index contributed by atoms with van der Waals surface area (Å²) in [4.78, 5) is 12.3. The molecule has 6 nitrogen and oxygen atoms in total. The number of anilines is 1. The third-order valence-corrected chi connectivity index (χ3v) is 5.47. The van der Waals surface area contributed by atoms with E-state index in [1.807, 2.05) is 51.4 Å². The molecule has 1 amide bonds. The Morgan fingerprint density at radius 1 is 1.27 bits per heavy atom. The van der Waals surface area contributed by atoms with Gasteiger partial charge in [0.1, 0.15) is 0 Å². The fourth-order valence-electron chi connectivity index (χ4n) is 2.54. The van der Waals surface area contributed by atoms with E-state index in [2.05, 4.69) is 43.3 Å². The van der Waals surface area contributed by atoms with Gasteiger partial charge in [0.05, 0.1) is 22.6 Å². The van der Waals surface area contributed by atoms with E-state index in [1.165, 1.54) is 5.56 Å². The number of halogens is 1. The highest BCUT2D eigenvalue weighted by molar-refractivity contribution is 9.10. The molecule has 0 saturated heterocycles. The summed E-state index contributed by atoms with van der Waals surface area (Å²) in [6.07, 6.45) is 0. The molecule has 3 N–H and O–H groups in total. The van der Waals surface area contributed by atoms with Gasteiger partial charge in [-0.1, -0.05) is 24.6 Å². The quantitative estimate of drug-likeness (QED) is 0.503. The maximum Gasteiger partial charge on any atom is 0.243 e. The Morgan fingerprint density at radius 2 is 1.96 bits per heavy atom. The molecule has 0 radical (unpaired) electrons. The number of nitrogens with one attached hydrogen (secondary N) is 3. The number of carbonyl (C=O) groups is 1. The van der Waals surface area contributed by atoms with E-state index in [0.717, 1.165) is 27.1 Å². The highest BCUT2D eigenvalue weighted by Crippen LogP contribution is 2.20. The monoisotopic (exact) mass is 437 g/mol. The van der Waals surface area contributed by atoms with Crippen LogP contribution in [-0.2, 0) is 11.3 Å². The smallest absolute Gasteiger partial charge is 0.243 e. The molecule has 0 aliphatic heterocycles. The fraction of sp³-hybridized carbons (Fsp3) is 0.389. The summed E-state index contributed by atoms with van der Waals surface area (Å²) in [5, 5.41) is 7.85. The fourth-order valence-corrected chi connectivity index (χ4v) is 2.99. The molecule has 26 heavy (non-hydrogen) atoms. The predicted octanol–water partition coefficient (Wildman–Crippen LogP) is 3.53. The first-order valence-corrected chi connectivity index (χ1v) is 9.52. The number of carbonyl (C=O) groups excluding carboxylic acids is 1. The molecule has 0 saturated carbocycles. The molecule has 0 aliphatic carbocycles.